The molecule has 0 atom stereocenters. The molecule has 0 unspecified atom stereocenters. The average molecular weight is 301 g/mol. The maximum atomic E-state index is 5.51. The number of aryl methyl sites for hydroxylation is 1. The number of aromatic nitrogens is 2. The van der Waals surface area contributed by atoms with E-state index in [4.69, 9.17) is 10.5 Å². The number of nitrogen functional groups attached to an aromatic ring is 1. The van der Waals surface area contributed by atoms with Crippen molar-refractivity contribution in [1.82, 2.24) is 9.97 Å². The predicted octanol–water partition coefficient (Wildman–Crippen LogP) is 4.36. The Bertz CT molecular complexity index is 554. The van der Waals surface area contributed by atoms with Crippen molar-refractivity contribution in [3.8, 4) is 5.75 Å². The first kappa shape index (κ1) is 18.0. The van der Waals surface area contributed by atoms with Gasteiger partial charge in [0.2, 0.25) is 0 Å². The fourth-order valence-corrected chi connectivity index (χ4v) is 1.91. The third-order valence-corrected chi connectivity index (χ3v) is 3.03. The Morgan fingerprint density at radius 2 is 1.82 bits per heavy atom. The molecule has 4 heteroatoms. The van der Waals surface area contributed by atoms with E-state index in [1.165, 1.54) is 18.4 Å². The van der Waals surface area contributed by atoms with Crippen molar-refractivity contribution in [2.45, 2.75) is 46.5 Å². The minimum absolute atomic E-state index is 0.643. The summed E-state index contributed by atoms with van der Waals surface area (Å²) in [6.45, 7) is 8.63. The molecule has 2 N–H and O–H groups in total. The van der Waals surface area contributed by atoms with Crippen LogP contribution in [0.2, 0.25) is 0 Å². The number of nitrogens with two attached hydrogens (primary N) is 1. The maximum absolute atomic E-state index is 5.51. The second-order valence-electron chi connectivity index (χ2n) is 4.85. The molecular formula is C18H27N3O. The largest absolute Gasteiger partial charge is 0.494 e. The second-order valence-corrected chi connectivity index (χ2v) is 4.85. The van der Waals surface area contributed by atoms with Gasteiger partial charge < -0.3 is 10.5 Å². The number of nitrogens with zero attached hydrogens (tertiary/aromatic N) is 2. The van der Waals surface area contributed by atoms with Crippen LogP contribution in [0.15, 0.2) is 36.7 Å². The van der Waals surface area contributed by atoms with E-state index < -0.39 is 0 Å². The van der Waals surface area contributed by atoms with Crippen molar-refractivity contribution in [1.29, 1.82) is 0 Å². The highest BCUT2D eigenvalue weighted by molar-refractivity contribution is 5.35. The summed E-state index contributed by atoms with van der Waals surface area (Å²) >= 11 is 0. The summed E-state index contributed by atoms with van der Waals surface area (Å²) in [6, 6.07) is 7.80. The van der Waals surface area contributed by atoms with E-state index in [1.807, 2.05) is 52.0 Å². The van der Waals surface area contributed by atoms with E-state index in [0.717, 1.165) is 17.4 Å². The molecule has 0 spiro atoms. The van der Waals surface area contributed by atoms with Crippen molar-refractivity contribution < 1.29 is 4.74 Å². The Balaban J connectivity index is 0.000000198. The summed E-state index contributed by atoms with van der Waals surface area (Å²) in [6.07, 6.45) is 6.18. The number of ether oxygens (including phenoxy) is 1. The van der Waals surface area contributed by atoms with Gasteiger partial charge in [-0.1, -0.05) is 13.8 Å². The topological polar surface area (TPSA) is 61.0 Å². The second kappa shape index (κ2) is 9.77. The quantitative estimate of drug-likeness (QED) is 0.915. The summed E-state index contributed by atoms with van der Waals surface area (Å²) in [4.78, 5) is 7.97. The molecule has 22 heavy (non-hydrogen) atoms. The smallest absolute Gasteiger partial charge is 0.123 e. The number of rotatable bonds is 3. The first-order valence-electron chi connectivity index (χ1n) is 7.96. The molecular weight excluding hydrogens is 274 g/mol. The van der Waals surface area contributed by atoms with Crippen LogP contribution in [0.5, 0.6) is 5.75 Å². The highest BCUT2D eigenvalue weighted by Gasteiger charge is 2.23. The van der Waals surface area contributed by atoms with Gasteiger partial charge in [0.1, 0.15) is 11.6 Å². The van der Waals surface area contributed by atoms with Crippen molar-refractivity contribution in [2.75, 3.05) is 12.3 Å². The van der Waals surface area contributed by atoms with Gasteiger partial charge in [0, 0.05) is 24.2 Å². The van der Waals surface area contributed by atoms with Crippen LogP contribution in [0.3, 0.4) is 0 Å². The molecule has 0 amide bonds. The van der Waals surface area contributed by atoms with E-state index in [1.54, 1.807) is 12.4 Å². The first-order valence-corrected chi connectivity index (χ1v) is 7.96. The standard InChI is InChI=1S/C8H10N2.C8H11NO.C2H6/c9-8-5-7(3-4-10-8)6-1-2-6;1-3-10-8-4-5-9-7(2)6-8;1-2/h3-6H,1-2H2,(H2,9,10);4-6H,3H2,1-2H3;1-2H3. The Hall–Kier alpha value is -2.10. The van der Waals surface area contributed by atoms with E-state index >= 15 is 0 Å². The van der Waals surface area contributed by atoms with Gasteiger partial charge in [0.05, 0.1) is 6.61 Å². The first-order chi connectivity index (χ1) is 10.7. The monoisotopic (exact) mass is 301 g/mol. The van der Waals surface area contributed by atoms with Crippen LogP contribution >= 0.6 is 0 Å². The van der Waals surface area contributed by atoms with Crippen molar-refractivity contribution >= 4 is 5.82 Å². The van der Waals surface area contributed by atoms with Gasteiger partial charge in [-0.3, -0.25) is 4.98 Å². The highest BCUT2D eigenvalue weighted by atomic mass is 16.5. The van der Waals surface area contributed by atoms with Gasteiger partial charge in [-0.05, 0) is 56.4 Å². The van der Waals surface area contributed by atoms with Crippen LogP contribution in [0.25, 0.3) is 0 Å². The molecule has 1 fully saturated rings. The van der Waals surface area contributed by atoms with E-state index in [0.29, 0.717) is 12.4 Å². The SMILES string of the molecule is CC.CCOc1ccnc(C)c1.Nc1cc(C2CC2)ccn1. The zero-order chi connectivity index (χ0) is 16.4. The van der Waals surface area contributed by atoms with Crippen LogP contribution in [0.1, 0.15) is 50.8 Å². The lowest BCUT2D eigenvalue weighted by molar-refractivity contribution is 0.339. The molecule has 0 bridgehead atoms. The lowest BCUT2D eigenvalue weighted by atomic mass is 10.2. The van der Waals surface area contributed by atoms with Gasteiger partial charge in [0.25, 0.3) is 0 Å². The van der Waals surface area contributed by atoms with Gasteiger partial charge in [-0.25, -0.2) is 4.98 Å². The van der Waals surface area contributed by atoms with E-state index in [9.17, 15) is 0 Å². The van der Waals surface area contributed by atoms with Crippen LogP contribution in [-0.4, -0.2) is 16.6 Å². The summed E-state index contributed by atoms with van der Waals surface area (Å²) in [5.41, 5.74) is 7.86. The van der Waals surface area contributed by atoms with E-state index in [-0.39, 0.29) is 0 Å². The van der Waals surface area contributed by atoms with Crippen LogP contribution in [0, 0.1) is 6.92 Å². The minimum Gasteiger partial charge on any atom is -0.494 e. The molecule has 1 saturated carbocycles. The van der Waals surface area contributed by atoms with Crippen LogP contribution < -0.4 is 10.5 Å². The van der Waals surface area contributed by atoms with Crippen LogP contribution in [-0.2, 0) is 0 Å². The average Bonchev–Trinajstić information content (AvgIpc) is 3.35. The van der Waals surface area contributed by atoms with E-state index in [2.05, 4.69) is 9.97 Å². The third kappa shape index (κ3) is 6.57. The Morgan fingerprint density at radius 3 is 2.36 bits per heavy atom. The fourth-order valence-electron chi connectivity index (χ4n) is 1.91. The molecule has 0 aromatic carbocycles. The van der Waals surface area contributed by atoms with Crippen molar-refractivity contribution in [3.05, 3.63) is 47.9 Å². The van der Waals surface area contributed by atoms with Gasteiger partial charge in [0.15, 0.2) is 0 Å². The number of hydrogen-bond donors (Lipinski definition) is 1. The summed E-state index contributed by atoms with van der Waals surface area (Å²) in [7, 11) is 0. The molecule has 3 rings (SSSR count). The molecule has 120 valence electrons. The summed E-state index contributed by atoms with van der Waals surface area (Å²) in [5.74, 6) is 2.32. The van der Waals surface area contributed by atoms with Crippen molar-refractivity contribution in [2.24, 2.45) is 0 Å². The lowest BCUT2D eigenvalue weighted by Gasteiger charge is -2.01. The molecule has 0 saturated heterocycles. The van der Waals surface area contributed by atoms with Gasteiger partial charge in [-0.15, -0.1) is 0 Å². The maximum Gasteiger partial charge on any atom is 0.123 e. The Morgan fingerprint density at radius 1 is 1.14 bits per heavy atom. The number of hydrogen-bond acceptors (Lipinski definition) is 4. The highest BCUT2D eigenvalue weighted by Crippen LogP contribution is 2.39. The third-order valence-electron chi connectivity index (χ3n) is 3.03. The molecule has 2 heterocycles. The molecule has 4 nitrogen and oxygen atoms in total. The predicted molar refractivity (Wildman–Crippen MR) is 92.1 cm³/mol. The van der Waals surface area contributed by atoms with Crippen LogP contribution in [0.4, 0.5) is 5.82 Å². The van der Waals surface area contributed by atoms with Gasteiger partial charge in [-0.2, -0.15) is 0 Å². The number of anilines is 1. The minimum atomic E-state index is 0.643. The molecule has 2 aromatic rings. The fraction of sp³-hybridized carbons (Fsp3) is 0.444. The normalized spacial score (nSPS) is 12.4. The van der Waals surface area contributed by atoms with Gasteiger partial charge >= 0.3 is 0 Å². The Kier molecular flexibility index (Phi) is 7.97. The zero-order valence-electron chi connectivity index (χ0n) is 14.0. The molecule has 0 radical (unpaired) electrons. The zero-order valence-corrected chi connectivity index (χ0v) is 14.0. The van der Waals surface area contributed by atoms with Crippen molar-refractivity contribution in [3.63, 3.8) is 0 Å². The summed E-state index contributed by atoms with van der Waals surface area (Å²) < 4.78 is 5.25. The lowest BCUT2D eigenvalue weighted by Crippen LogP contribution is -1.91. The molecule has 0 aliphatic heterocycles. The Labute approximate surface area is 133 Å². The summed E-state index contributed by atoms with van der Waals surface area (Å²) in [5, 5.41) is 0. The molecule has 1 aliphatic rings. The number of pyridine rings is 2. The molecule has 1 aliphatic carbocycles. The molecule has 2 aromatic heterocycles.